The highest BCUT2D eigenvalue weighted by molar-refractivity contribution is 6.31. The van der Waals surface area contributed by atoms with E-state index >= 15 is 0 Å². The third-order valence-corrected chi connectivity index (χ3v) is 5.89. The standard InChI is InChI=1S/C24H28ClN3O2/c1-16(14-27(2)3)15-30-21-10-8-20(9-11-21)28-23(29)12-18-5-4-17-6-7-19(25)13-22(17)24(18)26-28/h6-11,13,16,18H,4-5,12,14-15H2,1-3H3. The second kappa shape index (κ2) is 8.78. The fourth-order valence-electron chi connectivity index (χ4n) is 4.29. The lowest BCUT2D eigenvalue weighted by Crippen LogP contribution is -2.39. The molecule has 1 aliphatic carbocycles. The van der Waals surface area contributed by atoms with Gasteiger partial charge in [0.05, 0.1) is 18.0 Å². The summed E-state index contributed by atoms with van der Waals surface area (Å²) < 4.78 is 5.90. The normalized spacial score (nSPS) is 19.2. The van der Waals surface area contributed by atoms with E-state index in [1.165, 1.54) is 10.6 Å². The third-order valence-electron chi connectivity index (χ3n) is 5.65. The predicted octanol–water partition coefficient (Wildman–Crippen LogP) is 4.62. The SMILES string of the molecule is CC(COc1ccc(N2N=C3c4cc(Cl)ccc4CCC3CC2=O)cc1)CN(C)C. The van der Waals surface area contributed by atoms with E-state index in [9.17, 15) is 4.79 Å². The van der Waals surface area contributed by atoms with Gasteiger partial charge in [-0.15, -0.1) is 0 Å². The number of rotatable bonds is 6. The number of hydrazone groups is 1. The summed E-state index contributed by atoms with van der Waals surface area (Å²) in [5.41, 5.74) is 4.05. The number of nitrogens with zero attached hydrogens (tertiary/aromatic N) is 3. The van der Waals surface area contributed by atoms with Gasteiger partial charge in [-0.05, 0) is 68.9 Å². The topological polar surface area (TPSA) is 45.1 Å². The molecule has 0 N–H and O–H groups in total. The highest BCUT2D eigenvalue weighted by Gasteiger charge is 2.34. The molecule has 0 spiro atoms. The molecule has 4 rings (SSSR count). The Morgan fingerprint density at radius 3 is 2.73 bits per heavy atom. The van der Waals surface area contributed by atoms with Crippen LogP contribution in [0, 0.1) is 11.8 Å². The van der Waals surface area contributed by atoms with Crippen molar-refractivity contribution in [3.8, 4) is 5.75 Å². The van der Waals surface area contributed by atoms with E-state index in [1.807, 2.05) is 36.4 Å². The summed E-state index contributed by atoms with van der Waals surface area (Å²) in [6.07, 6.45) is 2.39. The molecule has 5 nitrogen and oxygen atoms in total. The molecule has 30 heavy (non-hydrogen) atoms. The molecule has 1 aliphatic heterocycles. The van der Waals surface area contributed by atoms with Gasteiger partial charge in [-0.3, -0.25) is 4.79 Å². The highest BCUT2D eigenvalue weighted by Crippen LogP contribution is 2.35. The molecule has 2 atom stereocenters. The maximum atomic E-state index is 12.8. The molecule has 2 aromatic carbocycles. The molecule has 158 valence electrons. The van der Waals surface area contributed by atoms with Crippen LogP contribution in [0.1, 0.15) is 30.9 Å². The quantitative estimate of drug-likeness (QED) is 0.678. The summed E-state index contributed by atoms with van der Waals surface area (Å²) in [7, 11) is 4.12. The Hall–Kier alpha value is -2.37. The molecular formula is C24H28ClN3O2. The Labute approximate surface area is 183 Å². The number of carbonyl (C=O) groups excluding carboxylic acids is 1. The van der Waals surface area contributed by atoms with Crippen molar-refractivity contribution in [2.45, 2.75) is 26.2 Å². The number of anilines is 1. The predicted molar refractivity (Wildman–Crippen MR) is 122 cm³/mol. The van der Waals surface area contributed by atoms with Crippen molar-refractivity contribution in [2.24, 2.45) is 16.9 Å². The molecular weight excluding hydrogens is 398 g/mol. The van der Waals surface area contributed by atoms with Gasteiger partial charge in [0.2, 0.25) is 5.91 Å². The van der Waals surface area contributed by atoms with Gasteiger partial charge in [-0.2, -0.15) is 5.10 Å². The van der Waals surface area contributed by atoms with Crippen molar-refractivity contribution in [1.29, 1.82) is 0 Å². The minimum absolute atomic E-state index is 0.0301. The lowest BCUT2D eigenvalue weighted by molar-refractivity contribution is -0.119. The van der Waals surface area contributed by atoms with Crippen LogP contribution in [0.25, 0.3) is 0 Å². The van der Waals surface area contributed by atoms with Crippen molar-refractivity contribution in [3.63, 3.8) is 0 Å². The maximum absolute atomic E-state index is 12.8. The number of hydrogen-bond acceptors (Lipinski definition) is 4. The summed E-state index contributed by atoms with van der Waals surface area (Å²) >= 11 is 6.23. The molecule has 0 bridgehead atoms. The van der Waals surface area contributed by atoms with Gasteiger partial charge in [0.15, 0.2) is 0 Å². The van der Waals surface area contributed by atoms with Crippen LogP contribution in [0.5, 0.6) is 5.75 Å². The van der Waals surface area contributed by atoms with Gasteiger partial charge < -0.3 is 9.64 Å². The van der Waals surface area contributed by atoms with E-state index < -0.39 is 0 Å². The van der Waals surface area contributed by atoms with Gasteiger partial charge in [-0.25, -0.2) is 5.01 Å². The van der Waals surface area contributed by atoms with Crippen LogP contribution in [0.15, 0.2) is 47.6 Å². The van der Waals surface area contributed by atoms with Gasteiger partial charge in [0.1, 0.15) is 5.75 Å². The molecule has 2 aromatic rings. The fraction of sp³-hybridized carbons (Fsp3) is 0.417. The maximum Gasteiger partial charge on any atom is 0.248 e. The minimum atomic E-state index is 0.0301. The molecule has 0 radical (unpaired) electrons. The molecule has 0 aromatic heterocycles. The van der Waals surface area contributed by atoms with Crippen LogP contribution < -0.4 is 9.75 Å². The summed E-state index contributed by atoms with van der Waals surface area (Å²) in [5, 5.41) is 7.00. The molecule has 0 fully saturated rings. The van der Waals surface area contributed by atoms with E-state index in [-0.39, 0.29) is 11.8 Å². The highest BCUT2D eigenvalue weighted by atomic mass is 35.5. The molecule has 6 heteroatoms. The van der Waals surface area contributed by atoms with Gasteiger partial charge in [0.25, 0.3) is 0 Å². The number of halogens is 1. The molecule has 0 saturated heterocycles. The Morgan fingerprint density at radius 1 is 1.23 bits per heavy atom. The molecule has 2 aliphatic rings. The number of hydrogen-bond donors (Lipinski definition) is 0. The molecule has 1 heterocycles. The molecule has 1 amide bonds. The monoisotopic (exact) mass is 425 g/mol. The lowest BCUT2D eigenvalue weighted by atomic mass is 9.79. The fourth-order valence-corrected chi connectivity index (χ4v) is 4.46. The van der Waals surface area contributed by atoms with Crippen molar-refractivity contribution in [3.05, 3.63) is 58.6 Å². The Balaban J connectivity index is 1.53. The number of amides is 1. The zero-order valence-electron chi connectivity index (χ0n) is 17.8. The summed E-state index contributed by atoms with van der Waals surface area (Å²) in [6, 6.07) is 13.6. The molecule has 0 saturated carbocycles. The van der Waals surface area contributed by atoms with Crippen molar-refractivity contribution in [1.82, 2.24) is 4.90 Å². The van der Waals surface area contributed by atoms with E-state index in [0.717, 1.165) is 42.1 Å². The zero-order valence-corrected chi connectivity index (χ0v) is 18.5. The van der Waals surface area contributed by atoms with Crippen molar-refractivity contribution >= 4 is 28.9 Å². The van der Waals surface area contributed by atoms with Gasteiger partial charge in [0, 0.05) is 35.4 Å². The first-order valence-electron chi connectivity index (χ1n) is 10.5. The third kappa shape index (κ3) is 4.52. The minimum Gasteiger partial charge on any atom is -0.493 e. The van der Waals surface area contributed by atoms with E-state index in [2.05, 4.69) is 32.0 Å². The van der Waals surface area contributed by atoms with E-state index in [4.69, 9.17) is 21.4 Å². The number of carbonyl (C=O) groups is 1. The first-order chi connectivity index (χ1) is 14.4. The molecule has 2 unspecified atom stereocenters. The number of aryl methyl sites for hydroxylation is 1. The summed E-state index contributed by atoms with van der Waals surface area (Å²) in [5.74, 6) is 1.43. The Bertz CT molecular complexity index is 955. The van der Waals surface area contributed by atoms with Crippen LogP contribution in [-0.2, 0) is 11.2 Å². The Morgan fingerprint density at radius 2 is 2.00 bits per heavy atom. The number of fused-ring (bicyclic) bond motifs is 3. The van der Waals surface area contributed by atoms with Crippen LogP contribution in [0.2, 0.25) is 5.02 Å². The second-order valence-electron chi connectivity index (χ2n) is 8.60. The second-order valence-corrected chi connectivity index (χ2v) is 9.04. The lowest BCUT2D eigenvalue weighted by Gasteiger charge is -2.33. The van der Waals surface area contributed by atoms with Crippen LogP contribution in [0.3, 0.4) is 0 Å². The zero-order chi connectivity index (χ0) is 21.3. The largest absolute Gasteiger partial charge is 0.493 e. The van der Waals surface area contributed by atoms with Gasteiger partial charge in [-0.1, -0.05) is 24.6 Å². The summed E-state index contributed by atoms with van der Waals surface area (Å²) in [4.78, 5) is 14.9. The average Bonchev–Trinajstić information content (AvgIpc) is 2.71. The van der Waals surface area contributed by atoms with Crippen LogP contribution in [0.4, 0.5) is 5.69 Å². The van der Waals surface area contributed by atoms with E-state index in [0.29, 0.717) is 24.0 Å². The van der Waals surface area contributed by atoms with Crippen LogP contribution in [-0.4, -0.2) is 43.8 Å². The average molecular weight is 426 g/mol. The Kier molecular flexibility index (Phi) is 6.11. The van der Waals surface area contributed by atoms with Crippen molar-refractivity contribution in [2.75, 3.05) is 32.3 Å². The number of benzene rings is 2. The van der Waals surface area contributed by atoms with Gasteiger partial charge >= 0.3 is 0 Å². The smallest absolute Gasteiger partial charge is 0.248 e. The number of ether oxygens (including phenoxy) is 1. The first-order valence-corrected chi connectivity index (χ1v) is 10.9. The van der Waals surface area contributed by atoms with E-state index in [1.54, 1.807) is 0 Å². The van der Waals surface area contributed by atoms with Crippen LogP contribution >= 0.6 is 11.6 Å². The van der Waals surface area contributed by atoms with Crippen molar-refractivity contribution < 1.29 is 9.53 Å². The first kappa shape index (κ1) is 20.9. The summed E-state index contributed by atoms with van der Waals surface area (Å²) in [6.45, 7) is 3.80.